The zero-order chi connectivity index (χ0) is 15.2. The highest BCUT2D eigenvalue weighted by molar-refractivity contribution is 6.05. The lowest BCUT2D eigenvalue weighted by molar-refractivity contribution is -0.121. The van der Waals surface area contributed by atoms with Crippen LogP contribution in [0.1, 0.15) is 24.5 Å². The molecule has 1 aromatic rings. The zero-order valence-electron chi connectivity index (χ0n) is 12.6. The Balaban J connectivity index is 2.04. The third-order valence-corrected chi connectivity index (χ3v) is 3.43. The van der Waals surface area contributed by atoms with Crippen molar-refractivity contribution in [2.75, 3.05) is 14.1 Å². The van der Waals surface area contributed by atoms with Gasteiger partial charge in [0, 0.05) is 33.0 Å². The molecule has 1 aliphatic rings. The first kappa shape index (κ1) is 15.0. The largest absolute Gasteiger partial charge is 0.359 e. The topological polar surface area (TPSA) is 77.9 Å². The van der Waals surface area contributed by atoms with Gasteiger partial charge in [0.1, 0.15) is 0 Å². The number of hydrazone groups is 1. The second-order valence-corrected chi connectivity index (χ2v) is 5.01. The van der Waals surface area contributed by atoms with Crippen LogP contribution in [0.5, 0.6) is 0 Å². The number of aliphatic imine (C=N–C) groups is 1. The molecule has 1 heterocycles. The molecule has 1 aromatic carbocycles. The number of benzene rings is 1. The fraction of sp³-hybridized carbons (Fsp3) is 0.400. The number of nitrogens with zero attached hydrogens (tertiary/aromatic N) is 2. The van der Waals surface area contributed by atoms with Crippen LogP contribution in [0.15, 0.2) is 34.4 Å². The van der Waals surface area contributed by atoms with Crippen molar-refractivity contribution in [2.24, 2.45) is 16.0 Å². The summed E-state index contributed by atoms with van der Waals surface area (Å²) in [6, 6.07) is 8.17. The van der Waals surface area contributed by atoms with E-state index in [0.29, 0.717) is 13.0 Å². The fourth-order valence-electron chi connectivity index (χ4n) is 2.26. The predicted octanol–water partition coefficient (Wildman–Crippen LogP) is 0.841. The molecule has 112 valence electrons. The Morgan fingerprint density at radius 1 is 1.43 bits per heavy atom. The molecule has 0 bridgehead atoms. The third-order valence-electron chi connectivity index (χ3n) is 3.43. The van der Waals surface area contributed by atoms with Gasteiger partial charge in [0.2, 0.25) is 5.91 Å². The van der Waals surface area contributed by atoms with Gasteiger partial charge in [-0.15, -0.1) is 0 Å². The minimum atomic E-state index is -0.0227. The number of nitrogens with one attached hydrogen (secondary N) is 3. The van der Waals surface area contributed by atoms with Gasteiger partial charge in [-0.2, -0.15) is 5.10 Å². The molecule has 1 amide bonds. The summed E-state index contributed by atoms with van der Waals surface area (Å²) in [6.45, 7) is 2.72. The molecular formula is C15H21N5O. The number of carbonyl (C=O) groups excluding carboxylic acids is 1. The molecule has 0 saturated carbocycles. The lowest BCUT2D eigenvalue weighted by atomic mass is 9.93. The summed E-state index contributed by atoms with van der Waals surface area (Å²) >= 11 is 0. The Kier molecular flexibility index (Phi) is 4.92. The first-order chi connectivity index (χ1) is 10.1. The first-order valence-electron chi connectivity index (χ1n) is 6.98. The molecule has 6 nitrogen and oxygen atoms in total. The summed E-state index contributed by atoms with van der Waals surface area (Å²) in [5, 5.41) is 10.3. The Morgan fingerprint density at radius 3 is 2.71 bits per heavy atom. The van der Waals surface area contributed by atoms with Gasteiger partial charge in [-0.3, -0.25) is 9.79 Å². The number of hydrogen-bond acceptors (Lipinski definition) is 3. The molecule has 0 fully saturated rings. The Bertz CT molecular complexity index is 562. The zero-order valence-corrected chi connectivity index (χ0v) is 12.6. The van der Waals surface area contributed by atoms with Crippen LogP contribution in [0, 0.1) is 5.92 Å². The molecule has 0 aliphatic carbocycles. The van der Waals surface area contributed by atoms with Crippen LogP contribution in [0.3, 0.4) is 0 Å². The molecule has 2 rings (SSSR count). The van der Waals surface area contributed by atoms with Crippen molar-refractivity contribution < 1.29 is 4.79 Å². The molecule has 0 aromatic heterocycles. The Labute approximate surface area is 124 Å². The van der Waals surface area contributed by atoms with Crippen LogP contribution < -0.4 is 16.1 Å². The van der Waals surface area contributed by atoms with Crippen LogP contribution in [0.4, 0.5) is 0 Å². The van der Waals surface area contributed by atoms with Crippen molar-refractivity contribution in [1.29, 1.82) is 0 Å². The van der Waals surface area contributed by atoms with Crippen LogP contribution in [-0.2, 0) is 11.3 Å². The van der Waals surface area contributed by atoms with E-state index in [1.54, 1.807) is 7.05 Å². The van der Waals surface area contributed by atoms with Gasteiger partial charge >= 0.3 is 0 Å². The predicted molar refractivity (Wildman–Crippen MR) is 84.2 cm³/mol. The second-order valence-electron chi connectivity index (χ2n) is 5.01. The van der Waals surface area contributed by atoms with Crippen molar-refractivity contribution in [1.82, 2.24) is 16.1 Å². The summed E-state index contributed by atoms with van der Waals surface area (Å²) in [7, 11) is 3.56. The van der Waals surface area contributed by atoms with Gasteiger partial charge in [-0.1, -0.05) is 31.2 Å². The minimum absolute atomic E-state index is 0.0227. The molecule has 0 radical (unpaired) electrons. The molecule has 3 N–H and O–H groups in total. The van der Waals surface area contributed by atoms with E-state index in [4.69, 9.17) is 0 Å². The Hall–Kier alpha value is -2.37. The Morgan fingerprint density at radius 2 is 2.14 bits per heavy atom. The monoisotopic (exact) mass is 287 g/mol. The van der Waals surface area contributed by atoms with Gasteiger partial charge in [-0.25, -0.2) is 5.43 Å². The van der Waals surface area contributed by atoms with E-state index in [1.165, 1.54) is 0 Å². The van der Waals surface area contributed by atoms with Crippen molar-refractivity contribution >= 4 is 17.6 Å². The van der Waals surface area contributed by atoms with Gasteiger partial charge in [-0.05, 0) is 11.1 Å². The van der Waals surface area contributed by atoms with Crippen LogP contribution in [0.2, 0.25) is 0 Å². The average molecular weight is 287 g/mol. The van der Waals surface area contributed by atoms with Crippen LogP contribution >= 0.6 is 0 Å². The molecule has 6 heteroatoms. The quantitative estimate of drug-likeness (QED) is 0.569. The second kappa shape index (κ2) is 6.88. The van der Waals surface area contributed by atoms with Gasteiger partial charge in [0.05, 0.1) is 5.71 Å². The maximum atomic E-state index is 11.3. The normalized spacial score (nSPS) is 18.8. The van der Waals surface area contributed by atoms with E-state index in [-0.39, 0.29) is 11.8 Å². The van der Waals surface area contributed by atoms with Crippen molar-refractivity contribution in [3.8, 4) is 0 Å². The molecule has 1 unspecified atom stereocenters. The highest BCUT2D eigenvalue weighted by Crippen LogP contribution is 2.16. The van der Waals surface area contributed by atoms with Crippen LogP contribution in [0.25, 0.3) is 0 Å². The SMILES string of the molecule is CN=C(NC)NCc1ccc(C2=NNC(=O)CC2C)cc1. The number of amides is 1. The van der Waals surface area contributed by atoms with Crippen molar-refractivity contribution in [3.63, 3.8) is 0 Å². The van der Waals surface area contributed by atoms with Crippen molar-refractivity contribution in [3.05, 3.63) is 35.4 Å². The summed E-state index contributed by atoms with van der Waals surface area (Å²) in [5.74, 6) is 0.878. The summed E-state index contributed by atoms with van der Waals surface area (Å²) in [5.41, 5.74) is 5.68. The van der Waals surface area contributed by atoms with E-state index in [1.807, 2.05) is 26.1 Å². The molecule has 0 saturated heterocycles. The standard InChI is InChI=1S/C15H21N5O/c1-10-8-13(21)19-20-14(10)12-6-4-11(5-7-12)9-18-15(16-2)17-3/h4-7,10H,8-9H2,1-3H3,(H,19,21)(H2,16,17,18). The van der Waals surface area contributed by atoms with Gasteiger partial charge in [0.25, 0.3) is 0 Å². The molecule has 0 spiro atoms. The molecular weight excluding hydrogens is 266 g/mol. The number of rotatable bonds is 3. The van der Waals surface area contributed by atoms with E-state index >= 15 is 0 Å². The third kappa shape index (κ3) is 3.81. The minimum Gasteiger partial charge on any atom is -0.359 e. The molecule has 1 atom stereocenters. The number of guanidine groups is 1. The van der Waals surface area contributed by atoms with Gasteiger partial charge < -0.3 is 10.6 Å². The fourth-order valence-corrected chi connectivity index (χ4v) is 2.26. The van der Waals surface area contributed by atoms with Crippen molar-refractivity contribution in [2.45, 2.75) is 19.9 Å². The maximum Gasteiger partial charge on any atom is 0.240 e. The lowest BCUT2D eigenvalue weighted by Gasteiger charge is -2.19. The smallest absolute Gasteiger partial charge is 0.240 e. The highest BCUT2D eigenvalue weighted by atomic mass is 16.2. The van der Waals surface area contributed by atoms with E-state index in [9.17, 15) is 4.79 Å². The number of carbonyl (C=O) groups is 1. The van der Waals surface area contributed by atoms with E-state index < -0.39 is 0 Å². The highest BCUT2D eigenvalue weighted by Gasteiger charge is 2.21. The van der Waals surface area contributed by atoms with Gasteiger partial charge in [0.15, 0.2) is 5.96 Å². The summed E-state index contributed by atoms with van der Waals surface area (Å²) in [6.07, 6.45) is 0.487. The first-order valence-corrected chi connectivity index (χ1v) is 6.98. The summed E-state index contributed by atoms with van der Waals surface area (Å²) in [4.78, 5) is 15.3. The maximum absolute atomic E-state index is 11.3. The summed E-state index contributed by atoms with van der Waals surface area (Å²) < 4.78 is 0. The van der Waals surface area contributed by atoms with Crippen LogP contribution in [-0.4, -0.2) is 31.7 Å². The van der Waals surface area contributed by atoms with E-state index in [2.05, 4.69) is 38.3 Å². The van der Waals surface area contributed by atoms with E-state index in [0.717, 1.165) is 22.8 Å². The molecule has 1 aliphatic heterocycles. The molecule has 21 heavy (non-hydrogen) atoms. The average Bonchev–Trinajstić information content (AvgIpc) is 2.49. The lowest BCUT2D eigenvalue weighted by Crippen LogP contribution is -2.34. The number of hydrogen-bond donors (Lipinski definition) is 3.